The van der Waals surface area contributed by atoms with Crippen LogP contribution in [0.5, 0.6) is 0 Å². The fourth-order valence-corrected chi connectivity index (χ4v) is 2.59. The number of aryl methyl sites for hydroxylation is 1. The quantitative estimate of drug-likeness (QED) is 0.806. The molecular weight excluding hydrogens is 326 g/mol. The van der Waals surface area contributed by atoms with Crippen molar-refractivity contribution >= 4 is 17.5 Å². The number of carbonyl (C=O) groups excluding carboxylic acids is 1. The summed E-state index contributed by atoms with van der Waals surface area (Å²) in [5.74, 6) is 0.347. The lowest BCUT2D eigenvalue weighted by Gasteiger charge is -2.19. The monoisotopic (exact) mass is 347 g/mol. The van der Waals surface area contributed by atoms with E-state index < -0.39 is 0 Å². The predicted octanol–water partition coefficient (Wildman–Crippen LogP) is 3.13. The van der Waals surface area contributed by atoms with E-state index in [9.17, 15) is 9.59 Å². The number of amides is 1. The molecule has 1 aromatic carbocycles. The molecule has 1 aromatic heterocycles. The van der Waals surface area contributed by atoms with E-state index in [1.807, 2.05) is 6.07 Å². The van der Waals surface area contributed by atoms with E-state index >= 15 is 0 Å². The van der Waals surface area contributed by atoms with Gasteiger partial charge in [0.1, 0.15) is 12.4 Å². The van der Waals surface area contributed by atoms with Crippen LogP contribution in [0.25, 0.3) is 11.4 Å². The first kappa shape index (κ1) is 18.2. The van der Waals surface area contributed by atoms with Crippen molar-refractivity contribution in [3.63, 3.8) is 0 Å². The summed E-state index contributed by atoms with van der Waals surface area (Å²) >= 11 is 6.05. The van der Waals surface area contributed by atoms with Crippen molar-refractivity contribution in [1.82, 2.24) is 14.5 Å². The second kappa shape index (κ2) is 8.11. The van der Waals surface area contributed by atoms with Gasteiger partial charge in [-0.2, -0.15) is 0 Å². The number of benzene rings is 1. The summed E-state index contributed by atoms with van der Waals surface area (Å²) in [6, 6.07) is 8.56. The third-order valence-electron chi connectivity index (χ3n) is 3.79. The first-order valence-corrected chi connectivity index (χ1v) is 8.38. The van der Waals surface area contributed by atoms with Crippen LogP contribution in [0.1, 0.15) is 25.5 Å². The number of nitrogens with zero attached hydrogens (tertiary/aromatic N) is 3. The van der Waals surface area contributed by atoms with Crippen LogP contribution in [0.4, 0.5) is 0 Å². The fraction of sp³-hybridized carbons (Fsp3) is 0.389. The molecule has 1 amide bonds. The van der Waals surface area contributed by atoms with Gasteiger partial charge in [-0.25, -0.2) is 4.98 Å². The van der Waals surface area contributed by atoms with Gasteiger partial charge in [-0.15, -0.1) is 0 Å². The zero-order chi connectivity index (χ0) is 17.7. The summed E-state index contributed by atoms with van der Waals surface area (Å²) in [6.07, 6.45) is 1.95. The first-order chi connectivity index (χ1) is 11.4. The van der Waals surface area contributed by atoms with Crippen LogP contribution in [0.15, 0.2) is 35.1 Å². The topological polar surface area (TPSA) is 55.2 Å². The smallest absolute Gasteiger partial charge is 0.254 e. The Labute approximate surface area is 146 Å². The van der Waals surface area contributed by atoms with Gasteiger partial charge in [0.05, 0.1) is 0 Å². The van der Waals surface area contributed by atoms with Gasteiger partial charge in [0, 0.05) is 35.9 Å². The Morgan fingerprint density at radius 2 is 2.08 bits per heavy atom. The Hall–Kier alpha value is -2.14. The van der Waals surface area contributed by atoms with Crippen LogP contribution < -0.4 is 5.56 Å². The Balaban J connectivity index is 2.39. The van der Waals surface area contributed by atoms with Crippen molar-refractivity contribution in [2.75, 3.05) is 13.6 Å². The summed E-state index contributed by atoms with van der Waals surface area (Å²) < 4.78 is 1.41. The molecule has 0 atom stereocenters. The highest BCUT2D eigenvalue weighted by Gasteiger charge is 2.15. The van der Waals surface area contributed by atoms with E-state index in [0.717, 1.165) is 12.8 Å². The average molecular weight is 348 g/mol. The maximum atomic E-state index is 12.4. The number of carbonyl (C=O) groups is 1. The Bertz CT molecular complexity index is 786. The lowest BCUT2D eigenvalue weighted by Crippen LogP contribution is -2.35. The molecule has 0 saturated carbocycles. The van der Waals surface area contributed by atoms with E-state index in [1.165, 1.54) is 10.6 Å². The average Bonchev–Trinajstić information content (AvgIpc) is 2.54. The van der Waals surface area contributed by atoms with Crippen molar-refractivity contribution in [3.8, 4) is 11.4 Å². The molecule has 0 saturated heterocycles. The molecule has 0 aliphatic heterocycles. The van der Waals surface area contributed by atoms with Crippen molar-refractivity contribution < 1.29 is 4.79 Å². The zero-order valence-electron chi connectivity index (χ0n) is 14.3. The highest BCUT2D eigenvalue weighted by Crippen LogP contribution is 2.20. The largest absolute Gasteiger partial charge is 0.344 e. The predicted molar refractivity (Wildman–Crippen MR) is 96.2 cm³/mol. The van der Waals surface area contributed by atoms with Gasteiger partial charge in [-0.05, 0) is 25.5 Å². The second-order valence-corrected chi connectivity index (χ2v) is 6.26. The summed E-state index contributed by atoms with van der Waals surface area (Å²) in [4.78, 5) is 30.9. The molecule has 0 aliphatic carbocycles. The van der Waals surface area contributed by atoms with Crippen molar-refractivity contribution in [2.24, 2.45) is 0 Å². The Morgan fingerprint density at radius 1 is 1.33 bits per heavy atom. The van der Waals surface area contributed by atoms with Gasteiger partial charge in [0.2, 0.25) is 5.91 Å². The molecule has 2 rings (SSSR count). The fourth-order valence-electron chi connectivity index (χ4n) is 2.40. The van der Waals surface area contributed by atoms with Crippen molar-refractivity contribution in [3.05, 3.63) is 51.4 Å². The lowest BCUT2D eigenvalue weighted by atomic mass is 10.2. The van der Waals surface area contributed by atoms with Crippen LogP contribution >= 0.6 is 11.6 Å². The number of aromatic nitrogens is 2. The first-order valence-electron chi connectivity index (χ1n) is 8.00. The summed E-state index contributed by atoms with van der Waals surface area (Å²) in [5.41, 5.74) is 1.08. The van der Waals surface area contributed by atoms with Crippen LogP contribution in [-0.2, 0) is 11.3 Å². The third kappa shape index (κ3) is 4.45. The van der Waals surface area contributed by atoms with Crippen LogP contribution in [0.2, 0.25) is 5.02 Å². The minimum absolute atomic E-state index is 0.0336. The highest BCUT2D eigenvalue weighted by atomic mass is 35.5. The Morgan fingerprint density at radius 3 is 2.75 bits per heavy atom. The van der Waals surface area contributed by atoms with Gasteiger partial charge in [-0.1, -0.05) is 37.1 Å². The van der Waals surface area contributed by atoms with E-state index in [1.54, 1.807) is 37.1 Å². The molecule has 0 bridgehead atoms. The van der Waals surface area contributed by atoms with Gasteiger partial charge in [-0.3, -0.25) is 14.2 Å². The number of likely N-dealkylation sites (N-methyl/N-ethyl adjacent to an activating group) is 1. The van der Waals surface area contributed by atoms with Crippen LogP contribution in [0.3, 0.4) is 0 Å². The van der Waals surface area contributed by atoms with E-state index in [4.69, 9.17) is 11.6 Å². The van der Waals surface area contributed by atoms with Gasteiger partial charge >= 0.3 is 0 Å². The molecule has 128 valence electrons. The minimum atomic E-state index is -0.241. The lowest BCUT2D eigenvalue weighted by molar-refractivity contribution is -0.130. The number of unbranched alkanes of at least 4 members (excludes halogenated alkanes) is 1. The van der Waals surface area contributed by atoms with Crippen LogP contribution in [-0.4, -0.2) is 34.0 Å². The van der Waals surface area contributed by atoms with Gasteiger partial charge in [0.25, 0.3) is 5.56 Å². The van der Waals surface area contributed by atoms with E-state index in [0.29, 0.717) is 28.6 Å². The molecule has 24 heavy (non-hydrogen) atoms. The molecule has 0 radical (unpaired) electrons. The van der Waals surface area contributed by atoms with Gasteiger partial charge in [0.15, 0.2) is 0 Å². The Kier molecular flexibility index (Phi) is 6.15. The zero-order valence-corrected chi connectivity index (χ0v) is 15.0. The maximum absolute atomic E-state index is 12.4. The van der Waals surface area contributed by atoms with Gasteiger partial charge < -0.3 is 4.90 Å². The molecule has 0 spiro atoms. The molecule has 2 aromatic rings. The standard InChI is InChI=1S/C18H22ClN3O2/c1-4-5-9-21(3)17(24)12-22-16(23)10-13(2)20-18(22)14-7-6-8-15(19)11-14/h6-8,10-11H,4-5,9,12H2,1-3H3. The molecule has 0 N–H and O–H groups in total. The summed E-state index contributed by atoms with van der Waals surface area (Å²) in [5, 5.41) is 0.557. The SMILES string of the molecule is CCCCN(C)C(=O)Cn1c(-c2cccc(Cl)c2)nc(C)cc1=O. The molecular formula is C18H22ClN3O2. The molecule has 0 aliphatic rings. The molecule has 1 heterocycles. The number of halogens is 1. The number of hydrogen-bond acceptors (Lipinski definition) is 3. The molecule has 6 heteroatoms. The summed E-state index contributed by atoms with van der Waals surface area (Å²) in [7, 11) is 1.75. The molecule has 0 fully saturated rings. The normalized spacial score (nSPS) is 10.7. The second-order valence-electron chi connectivity index (χ2n) is 5.82. The van der Waals surface area contributed by atoms with E-state index in [2.05, 4.69) is 11.9 Å². The highest BCUT2D eigenvalue weighted by molar-refractivity contribution is 6.30. The minimum Gasteiger partial charge on any atom is -0.344 e. The number of rotatable bonds is 6. The maximum Gasteiger partial charge on any atom is 0.254 e. The molecule has 5 nitrogen and oxygen atoms in total. The van der Waals surface area contributed by atoms with E-state index in [-0.39, 0.29) is 18.0 Å². The summed E-state index contributed by atoms with van der Waals surface area (Å²) in [6.45, 7) is 4.48. The van der Waals surface area contributed by atoms with Crippen molar-refractivity contribution in [1.29, 1.82) is 0 Å². The third-order valence-corrected chi connectivity index (χ3v) is 4.02. The number of hydrogen-bond donors (Lipinski definition) is 0. The van der Waals surface area contributed by atoms with Crippen LogP contribution in [0, 0.1) is 6.92 Å². The molecule has 0 unspecified atom stereocenters. The van der Waals surface area contributed by atoms with Crippen molar-refractivity contribution in [2.45, 2.75) is 33.2 Å².